The van der Waals surface area contributed by atoms with Gasteiger partial charge in [-0.3, -0.25) is 4.79 Å². The molecule has 0 saturated carbocycles. The van der Waals surface area contributed by atoms with Crippen molar-refractivity contribution < 1.29 is 0 Å². The van der Waals surface area contributed by atoms with Crippen molar-refractivity contribution in [2.24, 2.45) is 0 Å². The highest BCUT2D eigenvalue weighted by Crippen LogP contribution is 2.21. The number of aromatic nitrogens is 1. The van der Waals surface area contributed by atoms with Gasteiger partial charge in [0.15, 0.2) is 0 Å². The van der Waals surface area contributed by atoms with Crippen molar-refractivity contribution >= 4 is 15.9 Å². The minimum Gasteiger partial charge on any atom is -0.328 e. The Bertz CT molecular complexity index is 343. The molecule has 1 atom stereocenters. The Kier molecular flexibility index (Phi) is 2.02. The largest absolute Gasteiger partial charge is 0.328 e. The molecule has 1 aromatic rings. The third-order valence-electron chi connectivity index (χ3n) is 2.10. The van der Waals surface area contributed by atoms with Crippen LogP contribution in [-0.4, -0.2) is 11.5 Å². The summed E-state index contributed by atoms with van der Waals surface area (Å²) in [4.78, 5) is 14.0. The third kappa shape index (κ3) is 1.32. The number of nitrogens with one attached hydrogen (secondary N) is 2. The van der Waals surface area contributed by atoms with Gasteiger partial charge < -0.3 is 10.3 Å². The first-order valence-corrected chi connectivity index (χ1v) is 4.68. The number of H-pyrrole nitrogens is 1. The first-order chi connectivity index (χ1) is 5.77. The summed E-state index contributed by atoms with van der Waals surface area (Å²) in [5.41, 5.74) is 0.839. The Morgan fingerprint density at radius 2 is 2.33 bits per heavy atom. The van der Waals surface area contributed by atoms with E-state index in [1.54, 1.807) is 6.20 Å². The summed E-state index contributed by atoms with van der Waals surface area (Å²) in [5, 5.41) is 3.19. The fraction of sp³-hybridized carbons (Fsp3) is 0.375. The number of rotatable bonds is 1. The molecule has 0 amide bonds. The van der Waals surface area contributed by atoms with Crippen LogP contribution >= 0.6 is 15.9 Å². The molecular formula is C8H9BrN2O. The molecule has 2 N–H and O–H groups in total. The molecule has 0 spiro atoms. The van der Waals surface area contributed by atoms with Gasteiger partial charge in [0, 0.05) is 22.3 Å². The van der Waals surface area contributed by atoms with Crippen LogP contribution < -0.4 is 10.9 Å². The van der Waals surface area contributed by atoms with Gasteiger partial charge in [0.25, 0.3) is 5.56 Å². The molecule has 0 bridgehead atoms. The van der Waals surface area contributed by atoms with Crippen LogP contribution in [0.2, 0.25) is 0 Å². The zero-order valence-corrected chi connectivity index (χ0v) is 8.02. The zero-order valence-electron chi connectivity index (χ0n) is 6.43. The van der Waals surface area contributed by atoms with E-state index in [1.807, 2.05) is 6.07 Å². The Morgan fingerprint density at radius 1 is 1.58 bits per heavy atom. The van der Waals surface area contributed by atoms with Crippen LogP contribution in [0.25, 0.3) is 0 Å². The summed E-state index contributed by atoms with van der Waals surface area (Å²) in [6, 6.07) is 2.13. The van der Waals surface area contributed by atoms with Crippen molar-refractivity contribution in [1.82, 2.24) is 10.3 Å². The Balaban J connectivity index is 2.40. The van der Waals surface area contributed by atoms with E-state index >= 15 is 0 Å². The normalized spacial score (nSPS) is 21.9. The van der Waals surface area contributed by atoms with Gasteiger partial charge in [-0.1, -0.05) is 0 Å². The third-order valence-corrected chi connectivity index (χ3v) is 2.55. The molecule has 0 aliphatic carbocycles. The van der Waals surface area contributed by atoms with Gasteiger partial charge in [0.05, 0.1) is 0 Å². The Morgan fingerprint density at radius 3 is 2.92 bits per heavy atom. The molecule has 0 aromatic carbocycles. The average Bonchev–Trinajstić information content (AvgIpc) is 1.93. The van der Waals surface area contributed by atoms with Crippen molar-refractivity contribution in [2.45, 2.75) is 12.5 Å². The molecule has 1 saturated heterocycles. The molecule has 2 heterocycles. The molecule has 0 radical (unpaired) electrons. The van der Waals surface area contributed by atoms with Gasteiger partial charge in [-0.2, -0.15) is 0 Å². The first-order valence-electron chi connectivity index (χ1n) is 3.89. The van der Waals surface area contributed by atoms with Crippen molar-refractivity contribution in [2.75, 3.05) is 6.54 Å². The van der Waals surface area contributed by atoms with Gasteiger partial charge in [0.1, 0.15) is 0 Å². The lowest BCUT2D eigenvalue weighted by Crippen LogP contribution is -2.38. The Labute approximate surface area is 78.3 Å². The summed E-state index contributed by atoms with van der Waals surface area (Å²) >= 11 is 3.32. The van der Waals surface area contributed by atoms with Crippen molar-refractivity contribution in [3.8, 4) is 0 Å². The molecule has 1 fully saturated rings. The van der Waals surface area contributed by atoms with Gasteiger partial charge in [-0.05, 0) is 35.0 Å². The SMILES string of the molecule is O=c1[nH]cc(Br)cc1[C@@H]1CCN1. The predicted octanol–water partition coefficient (Wildman–Crippen LogP) is 1.17. The predicted molar refractivity (Wildman–Crippen MR) is 50.1 cm³/mol. The second-order valence-corrected chi connectivity index (χ2v) is 3.81. The van der Waals surface area contributed by atoms with Crippen LogP contribution in [0, 0.1) is 0 Å². The maximum atomic E-state index is 11.3. The van der Waals surface area contributed by atoms with E-state index in [2.05, 4.69) is 26.2 Å². The topological polar surface area (TPSA) is 44.9 Å². The molecular weight excluding hydrogens is 220 g/mol. The zero-order chi connectivity index (χ0) is 8.55. The van der Waals surface area contributed by atoms with Crippen molar-refractivity contribution in [3.05, 3.63) is 32.7 Å². The monoisotopic (exact) mass is 228 g/mol. The number of pyridine rings is 1. The van der Waals surface area contributed by atoms with Gasteiger partial charge in [-0.15, -0.1) is 0 Å². The first kappa shape index (κ1) is 8.01. The lowest BCUT2D eigenvalue weighted by Gasteiger charge is -2.27. The Hall–Kier alpha value is -0.610. The highest BCUT2D eigenvalue weighted by Gasteiger charge is 2.21. The lowest BCUT2D eigenvalue weighted by atomic mass is 10.00. The molecule has 3 nitrogen and oxygen atoms in total. The minimum atomic E-state index is 0.00963. The summed E-state index contributed by atoms with van der Waals surface area (Å²) in [6.45, 7) is 1.01. The molecule has 0 unspecified atom stereocenters. The van der Waals surface area contributed by atoms with E-state index in [0.29, 0.717) is 0 Å². The minimum absolute atomic E-state index is 0.00963. The van der Waals surface area contributed by atoms with Crippen LogP contribution in [0.1, 0.15) is 18.0 Å². The van der Waals surface area contributed by atoms with Gasteiger partial charge in [0.2, 0.25) is 0 Å². The van der Waals surface area contributed by atoms with Gasteiger partial charge in [-0.25, -0.2) is 0 Å². The van der Waals surface area contributed by atoms with Crippen LogP contribution in [0.15, 0.2) is 21.5 Å². The van der Waals surface area contributed by atoms with Crippen molar-refractivity contribution in [1.29, 1.82) is 0 Å². The van der Waals surface area contributed by atoms with E-state index < -0.39 is 0 Å². The number of halogens is 1. The fourth-order valence-corrected chi connectivity index (χ4v) is 1.65. The highest BCUT2D eigenvalue weighted by atomic mass is 79.9. The van der Waals surface area contributed by atoms with E-state index in [0.717, 1.165) is 23.0 Å². The number of hydrogen-bond acceptors (Lipinski definition) is 2. The molecule has 1 aliphatic rings. The summed E-state index contributed by atoms with van der Waals surface area (Å²) in [6.07, 6.45) is 2.71. The highest BCUT2D eigenvalue weighted by molar-refractivity contribution is 9.10. The summed E-state index contributed by atoms with van der Waals surface area (Å²) in [7, 11) is 0. The molecule has 2 rings (SSSR count). The molecule has 4 heteroatoms. The van der Waals surface area contributed by atoms with Gasteiger partial charge >= 0.3 is 0 Å². The van der Waals surface area contributed by atoms with Crippen LogP contribution in [-0.2, 0) is 0 Å². The molecule has 64 valence electrons. The fourth-order valence-electron chi connectivity index (χ4n) is 1.29. The van der Waals surface area contributed by atoms with Crippen LogP contribution in [0.3, 0.4) is 0 Å². The van der Waals surface area contributed by atoms with Crippen molar-refractivity contribution in [3.63, 3.8) is 0 Å². The second kappa shape index (κ2) is 3.03. The molecule has 1 aromatic heterocycles. The average molecular weight is 229 g/mol. The molecule has 1 aliphatic heterocycles. The molecule has 12 heavy (non-hydrogen) atoms. The smallest absolute Gasteiger partial charge is 0.252 e. The quantitative estimate of drug-likeness (QED) is 0.759. The van der Waals surface area contributed by atoms with E-state index in [4.69, 9.17) is 0 Å². The standard InChI is InChI=1S/C8H9BrN2O/c9-5-3-6(7-1-2-10-7)8(12)11-4-5/h3-4,7,10H,1-2H2,(H,11,12)/t7-/m0/s1. The lowest BCUT2D eigenvalue weighted by molar-refractivity contribution is 0.380. The number of aromatic amines is 1. The maximum Gasteiger partial charge on any atom is 0.252 e. The van der Waals surface area contributed by atoms with E-state index in [1.165, 1.54) is 0 Å². The van der Waals surface area contributed by atoms with E-state index in [-0.39, 0.29) is 11.6 Å². The second-order valence-electron chi connectivity index (χ2n) is 2.90. The summed E-state index contributed by atoms with van der Waals surface area (Å²) < 4.78 is 0.922. The van der Waals surface area contributed by atoms with Crippen LogP contribution in [0.5, 0.6) is 0 Å². The summed E-state index contributed by atoms with van der Waals surface area (Å²) in [5.74, 6) is 0. The van der Waals surface area contributed by atoms with E-state index in [9.17, 15) is 4.79 Å². The van der Waals surface area contributed by atoms with Crippen LogP contribution in [0.4, 0.5) is 0 Å². The number of hydrogen-bond donors (Lipinski definition) is 2. The maximum absolute atomic E-state index is 11.3.